The smallest absolute Gasteiger partial charge is 0.316 e. The lowest BCUT2D eigenvalue weighted by atomic mass is 9.94. The molecule has 8 nitrogen and oxygen atoms in total. The predicted molar refractivity (Wildman–Crippen MR) is 123 cm³/mol. The molecular weight excluding hydrogens is 426 g/mol. The van der Waals surface area contributed by atoms with Crippen LogP contribution in [-0.2, 0) is 23.1 Å². The number of rotatable bonds is 7. The highest BCUT2D eigenvalue weighted by atomic mass is 32.2. The number of hydrogen-bond acceptors (Lipinski definition) is 7. The summed E-state index contributed by atoms with van der Waals surface area (Å²) in [5.41, 5.74) is 8.39. The molecule has 1 fully saturated rings. The third-order valence-corrected chi connectivity index (χ3v) is 7.52. The van der Waals surface area contributed by atoms with Crippen LogP contribution in [0.5, 0.6) is 0 Å². The summed E-state index contributed by atoms with van der Waals surface area (Å²) in [6.07, 6.45) is 1.06. The van der Waals surface area contributed by atoms with Gasteiger partial charge in [-0.25, -0.2) is 8.42 Å². The standard InChI is InChI=1S/C23H29N5O3S/c1-16-10-17(2)15-28(14-16)32(29,30)21-8-6-18(7-9-21)13-25-23-27-26-22(31-23)20-5-3-4-19(11-20)12-24/h3-9,11,16-17H,10,12-15,24H2,1-2H3,(H,25,27)/t16-,17+. The summed E-state index contributed by atoms with van der Waals surface area (Å²) in [7, 11) is -3.48. The molecule has 1 aliphatic heterocycles. The van der Waals surface area contributed by atoms with Gasteiger partial charge in [0.15, 0.2) is 0 Å². The molecule has 9 heteroatoms. The van der Waals surface area contributed by atoms with E-state index in [1.807, 2.05) is 24.3 Å². The van der Waals surface area contributed by atoms with Gasteiger partial charge in [0.05, 0.1) is 4.90 Å². The first-order valence-electron chi connectivity index (χ1n) is 10.8. The van der Waals surface area contributed by atoms with Crippen LogP contribution in [0.4, 0.5) is 6.01 Å². The van der Waals surface area contributed by atoms with Crippen molar-refractivity contribution in [1.82, 2.24) is 14.5 Å². The van der Waals surface area contributed by atoms with Crippen molar-refractivity contribution < 1.29 is 12.8 Å². The number of nitrogens with one attached hydrogen (secondary N) is 1. The van der Waals surface area contributed by atoms with Gasteiger partial charge in [0, 0.05) is 31.7 Å². The molecule has 32 heavy (non-hydrogen) atoms. The van der Waals surface area contributed by atoms with Crippen molar-refractivity contribution in [2.45, 2.75) is 38.3 Å². The second-order valence-electron chi connectivity index (χ2n) is 8.58. The van der Waals surface area contributed by atoms with Crippen molar-refractivity contribution in [1.29, 1.82) is 0 Å². The molecule has 1 aliphatic rings. The van der Waals surface area contributed by atoms with Gasteiger partial charge >= 0.3 is 6.01 Å². The topological polar surface area (TPSA) is 114 Å². The maximum atomic E-state index is 13.0. The zero-order chi connectivity index (χ0) is 22.7. The zero-order valence-electron chi connectivity index (χ0n) is 18.4. The van der Waals surface area contributed by atoms with Crippen molar-refractivity contribution in [3.8, 4) is 11.5 Å². The van der Waals surface area contributed by atoms with E-state index in [0.29, 0.717) is 54.8 Å². The number of piperidine rings is 1. The van der Waals surface area contributed by atoms with Crippen LogP contribution >= 0.6 is 0 Å². The van der Waals surface area contributed by atoms with E-state index in [-0.39, 0.29) is 0 Å². The lowest BCUT2D eigenvalue weighted by Crippen LogP contribution is -2.42. The van der Waals surface area contributed by atoms with Gasteiger partial charge in [-0.2, -0.15) is 4.31 Å². The van der Waals surface area contributed by atoms with E-state index in [9.17, 15) is 8.42 Å². The molecule has 4 rings (SSSR count). The van der Waals surface area contributed by atoms with Gasteiger partial charge in [-0.05, 0) is 53.6 Å². The Morgan fingerprint density at radius 1 is 1.06 bits per heavy atom. The van der Waals surface area contributed by atoms with Crippen molar-refractivity contribution in [3.63, 3.8) is 0 Å². The molecule has 2 atom stereocenters. The summed E-state index contributed by atoms with van der Waals surface area (Å²) in [5.74, 6) is 1.15. The number of aromatic nitrogens is 2. The summed E-state index contributed by atoms with van der Waals surface area (Å²) in [4.78, 5) is 0.322. The van der Waals surface area contributed by atoms with E-state index in [1.165, 1.54) is 0 Å². The number of hydrogen-bond donors (Lipinski definition) is 2. The van der Waals surface area contributed by atoms with Gasteiger partial charge in [-0.3, -0.25) is 0 Å². The van der Waals surface area contributed by atoms with Crippen molar-refractivity contribution >= 4 is 16.0 Å². The van der Waals surface area contributed by atoms with Gasteiger partial charge in [-0.1, -0.05) is 43.2 Å². The minimum Gasteiger partial charge on any atom is -0.403 e. The first-order valence-corrected chi connectivity index (χ1v) is 12.2. The highest BCUT2D eigenvalue weighted by molar-refractivity contribution is 7.89. The number of nitrogens with zero attached hydrogens (tertiary/aromatic N) is 3. The van der Waals surface area contributed by atoms with Crippen LogP contribution in [-0.4, -0.2) is 36.0 Å². The molecule has 3 N–H and O–H groups in total. The quantitative estimate of drug-likeness (QED) is 0.560. The predicted octanol–water partition coefficient (Wildman–Crippen LogP) is 3.47. The highest BCUT2D eigenvalue weighted by Crippen LogP contribution is 2.27. The molecule has 3 aromatic rings. The molecule has 0 bridgehead atoms. The summed E-state index contributed by atoms with van der Waals surface area (Å²) >= 11 is 0. The molecule has 0 saturated carbocycles. The average Bonchev–Trinajstić information content (AvgIpc) is 3.26. The maximum absolute atomic E-state index is 13.0. The van der Waals surface area contributed by atoms with Gasteiger partial charge in [-0.15, -0.1) is 5.10 Å². The van der Waals surface area contributed by atoms with Gasteiger partial charge in [0.2, 0.25) is 15.9 Å². The largest absolute Gasteiger partial charge is 0.403 e. The van der Waals surface area contributed by atoms with E-state index < -0.39 is 10.0 Å². The van der Waals surface area contributed by atoms with Crippen LogP contribution < -0.4 is 11.1 Å². The second kappa shape index (κ2) is 9.40. The first kappa shape index (κ1) is 22.4. The Morgan fingerprint density at radius 2 is 1.78 bits per heavy atom. The first-order chi connectivity index (χ1) is 15.3. The average molecular weight is 456 g/mol. The Morgan fingerprint density at radius 3 is 2.47 bits per heavy atom. The van der Waals surface area contributed by atoms with E-state index in [0.717, 1.165) is 23.1 Å². The molecule has 0 unspecified atom stereocenters. The summed E-state index contributed by atoms with van der Waals surface area (Å²) in [6.45, 7) is 6.22. The normalized spacial score (nSPS) is 19.7. The SMILES string of the molecule is C[C@@H]1C[C@H](C)CN(S(=O)(=O)c2ccc(CNc3nnc(-c4cccc(CN)c4)o3)cc2)C1. The number of nitrogens with two attached hydrogens (primary N) is 1. The lowest BCUT2D eigenvalue weighted by molar-refractivity contribution is 0.222. The lowest BCUT2D eigenvalue weighted by Gasteiger charge is -2.34. The number of benzene rings is 2. The molecule has 2 aromatic carbocycles. The van der Waals surface area contributed by atoms with Crippen LogP contribution in [0.2, 0.25) is 0 Å². The summed E-state index contributed by atoms with van der Waals surface area (Å²) < 4.78 is 33.3. The molecule has 0 spiro atoms. The molecule has 1 saturated heterocycles. The summed E-state index contributed by atoms with van der Waals surface area (Å²) in [5, 5.41) is 11.2. The van der Waals surface area contributed by atoms with Crippen LogP contribution in [0.3, 0.4) is 0 Å². The molecule has 0 amide bonds. The summed E-state index contributed by atoms with van der Waals surface area (Å²) in [6, 6.07) is 14.9. The van der Waals surface area contributed by atoms with Crippen molar-refractivity contribution in [3.05, 3.63) is 59.7 Å². The van der Waals surface area contributed by atoms with E-state index in [2.05, 4.69) is 29.4 Å². The molecule has 0 aliphatic carbocycles. The van der Waals surface area contributed by atoms with Gasteiger partial charge in [0.1, 0.15) is 0 Å². The van der Waals surface area contributed by atoms with Crippen molar-refractivity contribution in [2.24, 2.45) is 17.6 Å². The fourth-order valence-corrected chi connectivity index (χ4v) is 5.83. The number of anilines is 1. The maximum Gasteiger partial charge on any atom is 0.316 e. The van der Waals surface area contributed by atoms with Crippen LogP contribution in [0, 0.1) is 11.8 Å². The Balaban J connectivity index is 1.40. The Bertz CT molecular complexity index is 1150. The van der Waals surface area contributed by atoms with Crippen LogP contribution in [0.15, 0.2) is 57.8 Å². The van der Waals surface area contributed by atoms with E-state index >= 15 is 0 Å². The zero-order valence-corrected chi connectivity index (χ0v) is 19.2. The highest BCUT2D eigenvalue weighted by Gasteiger charge is 2.31. The van der Waals surface area contributed by atoms with Crippen LogP contribution in [0.1, 0.15) is 31.4 Å². The Hall–Kier alpha value is -2.75. The van der Waals surface area contributed by atoms with E-state index in [4.69, 9.17) is 10.2 Å². The third kappa shape index (κ3) is 5.01. The monoisotopic (exact) mass is 455 g/mol. The van der Waals surface area contributed by atoms with Gasteiger partial charge < -0.3 is 15.5 Å². The van der Waals surface area contributed by atoms with Crippen LogP contribution in [0.25, 0.3) is 11.5 Å². The molecular formula is C23H29N5O3S. The third-order valence-electron chi connectivity index (χ3n) is 5.67. The van der Waals surface area contributed by atoms with Crippen molar-refractivity contribution in [2.75, 3.05) is 18.4 Å². The molecule has 1 aromatic heterocycles. The van der Waals surface area contributed by atoms with E-state index in [1.54, 1.807) is 28.6 Å². The molecule has 2 heterocycles. The minimum absolute atomic E-state index is 0.297. The molecule has 170 valence electrons. The second-order valence-corrected chi connectivity index (χ2v) is 10.5. The minimum atomic E-state index is -3.48. The molecule has 0 radical (unpaired) electrons. The van der Waals surface area contributed by atoms with Gasteiger partial charge in [0.25, 0.3) is 0 Å². The fourth-order valence-electron chi connectivity index (χ4n) is 4.15. The number of sulfonamides is 1. The Labute approximate surface area is 188 Å². The Kier molecular flexibility index (Phi) is 6.59. The fraction of sp³-hybridized carbons (Fsp3) is 0.391.